The largest absolute Gasteiger partial charge is 0.491 e. The van der Waals surface area contributed by atoms with Crippen LogP contribution in [0.25, 0.3) is 0 Å². The number of ether oxygens (including phenoxy) is 1. The normalized spacial score (nSPS) is 33.6. The van der Waals surface area contributed by atoms with Crippen molar-refractivity contribution in [3.63, 3.8) is 0 Å². The Morgan fingerprint density at radius 3 is 2.36 bits per heavy atom. The molecule has 2 aliphatic carbocycles. The Labute approximate surface area is 235 Å². The van der Waals surface area contributed by atoms with Crippen LogP contribution < -0.4 is 9.64 Å². The fraction of sp³-hybridized carbons (Fsp3) is 0.379. The Morgan fingerprint density at radius 2 is 1.64 bits per heavy atom. The number of rotatable bonds is 5. The Hall–Kier alpha value is -3.20. The van der Waals surface area contributed by atoms with Crippen LogP contribution in [-0.2, 0) is 19.2 Å². The lowest BCUT2D eigenvalue weighted by Crippen LogP contribution is -2.60. The van der Waals surface area contributed by atoms with E-state index in [1.165, 1.54) is 11.9 Å². The van der Waals surface area contributed by atoms with E-state index < -0.39 is 45.2 Å². The maximum absolute atomic E-state index is 13.9. The van der Waals surface area contributed by atoms with Crippen LogP contribution in [0.15, 0.2) is 66.2 Å². The SMILES string of the molecule is CN1C(=O)[C@]2(Cl)C[C@@H]3C(=CC[C@@H]4C(=O)N(c5ccccc5)C(=O)[C@@H]43)[C@H](c3ccccc3OCCO)[C@]2(Cl)C1=O. The molecule has 4 amide bonds. The molecule has 1 saturated carbocycles. The summed E-state index contributed by atoms with van der Waals surface area (Å²) in [6.07, 6.45) is 2.09. The number of anilines is 1. The molecular formula is C29H26Cl2N2O6. The second-order valence-electron chi connectivity index (χ2n) is 10.5. The summed E-state index contributed by atoms with van der Waals surface area (Å²) >= 11 is 14.4. The lowest BCUT2D eigenvalue weighted by atomic mass is 9.56. The van der Waals surface area contributed by atoms with Crippen molar-refractivity contribution in [3.05, 3.63) is 71.8 Å². The number of benzene rings is 2. The number of fused-ring (bicyclic) bond motifs is 4. The van der Waals surface area contributed by atoms with E-state index in [0.29, 0.717) is 22.6 Å². The second kappa shape index (κ2) is 9.18. The van der Waals surface area contributed by atoms with Crippen molar-refractivity contribution in [2.45, 2.75) is 28.5 Å². The number of nitrogens with zero attached hydrogens (tertiary/aromatic N) is 2. The van der Waals surface area contributed by atoms with Crippen molar-refractivity contribution >= 4 is 52.5 Å². The second-order valence-corrected chi connectivity index (χ2v) is 11.7. The molecule has 202 valence electrons. The van der Waals surface area contributed by atoms with Gasteiger partial charge in [-0.15, -0.1) is 23.2 Å². The van der Waals surface area contributed by atoms with Gasteiger partial charge in [-0.2, -0.15) is 0 Å². The quantitative estimate of drug-likeness (QED) is 0.337. The number of imide groups is 2. The Kier molecular flexibility index (Phi) is 6.13. The number of hydrogen-bond donors (Lipinski definition) is 1. The van der Waals surface area contributed by atoms with E-state index in [0.717, 1.165) is 4.90 Å². The molecule has 2 aromatic carbocycles. The standard InChI is InChI=1S/C29H26Cl2N2O6/c1-32-26(37)28(30)15-20-17(11-12-19-22(20)25(36)33(24(19)35)16-7-3-2-4-8-16)23(29(28,31)27(32)38)18-9-5-6-10-21(18)39-14-13-34/h2-11,19-20,22-23,34H,12-15H2,1H3/t19-,20+,22-,23+,28+,29-/m0/s1. The minimum absolute atomic E-state index is 0.00398. The van der Waals surface area contributed by atoms with E-state index in [9.17, 15) is 24.3 Å². The minimum atomic E-state index is -1.89. The van der Waals surface area contributed by atoms with Gasteiger partial charge in [-0.05, 0) is 37.0 Å². The third-order valence-corrected chi connectivity index (χ3v) is 10.0. The van der Waals surface area contributed by atoms with E-state index in [4.69, 9.17) is 27.9 Å². The summed E-state index contributed by atoms with van der Waals surface area (Å²) in [7, 11) is 1.35. The highest BCUT2D eigenvalue weighted by atomic mass is 35.5. The van der Waals surface area contributed by atoms with Gasteiger partial charge in [0.2, 0.25) is 11.8 Å². The average Bonchev–Trinajstić information content (AvgIpc) is 3.27. The zero-order chi connectivity index (χ0) is 27.7. The van der Waals surface area contributed by atoms with Crippen LogP contribution >= 0.6 is 23.2 Å². The molecule has 4 aliphatic rings. The number of aliphatic hydroxyl groups excluding tert-OH is 1. The minimum Gasteiger partial charge on any atom is -0.491 e. The molecule has 10 heteroatoms. The fourth-order valence-corrected chi connectivity index (χ4v) is 7.94. The van der Waals surface area contributed by atoms with Gasteiger partial charge >= 0.3 is 0 Å². The smallest absolute Gasteiger partial charge is 0.253 e. The summed E-state index contributed by atoms with van der Waals surface area (Å²) in [5, 5.41) is 9.38. The molecule has 0 spiro atoms. The lowest BCUT2D eigenvalue weighted by molar-refractivity contribution is -0.138. The molecule has 2 aliphatic heterocycles. The highest BCUT2D eigenvalue weighted by Gasteiger charge is 2.76. The monoisotopic (exact) mass is 568 g/mol. The first-order valence-corrected chi connectivity index (χ1v) is 13.6. The van der Waals surface area contributed by atoms with Crippen LogP contribution in [0.5, 0.6) is 5.75 Å². The van der Waals surface area contributed by atoms with E-state index in [1.54, 1.807) is 54.6 Å². The average molecular weight is 569 g/mol. The number of likely N-dealkylation sites (tertiary alicyclic amines) is 1. The third-order valence-electron chi connectivity index (χ3n) is 8.61. The third kappa shape index (κ3) is 3.41. The predicted molar refractivity (Wildman–Crippen MR) is 143 cm³/mol. The first-order valence-electron chi connectivity index (χ1n) is 12.8. The molecular weight excluding hydrogens is 543 g/mol. The van der Waals surface area contributed by atoms with Crippen LogP contribution in [0.4, 0.5) is 5.69 Å². The molecule has 2 aromatic rings. The van der Waals surface area contributed by atoms with Crippen molar-refractivity contribution in [1.82, 2.24) is 4.90 Å². The summed E-state index contributed by atoms with van der Waals surface area (Å²) in [5.41, 5.74) is 1.70. The summed E-state index contributed by atoms with van der Waals surface area (Å²) in [4.78, 5) is 53.1. The van der Waals surface area contributed by atoms with Gasteiger partial charge < -0.3 is 9.84 Å². The first-order chi connectivity index (χ1) is 18.7. The molecule has 2 heterocycles. The number of aliphatic hydroxyl groups is 1. The molecule has 39 heavy (non-hydrogen) atoms. The number of alkyl halides is 2. The topological polar surface area (TPSA) is 104 Å². The van der Waals surface area contributed by atoms with E-state index in [-0.39, 0.29) is 37.9 Å². The summed E-state index contributed by atoms with van der Waals surface area (Å²) in [6, 6.07) is 15.7. The van der Waals surface area contributed by atoms with Crippen LogP contribution in [0.3, 0.4) is 0 Å². The van der Waals surface area contributed by atoms with Crippen LogP contribution in [0.1, 0.15) is 24.3 Å². The molecule has 6 rings (SSSR count). The fourth-order valence-electron chi connectivity index (χ4n) is 6.93. The lowest BCUT2D eigenvalue weighted by Gasteiger charge is -2.51. The van der Waals surface area contributed by atoms with Crippen molar-refractivity contribution in [3.8, 4) is 5.75 Å². The van der Waals surface area contributed by atoms with E-state index in [1.807, 2.05) is 6.08 Å². The van der Waals surface area contributed by atoms with Crippen molar-refractivity contribution in [1.29, 1.82) is 0 Å². The van der Waals surface area contributed by atoms with Gasteiger partial charge in [0.05, 0.1) is 24.1 Å². The summed E-state index contributed by atoms with van der Waals surface area (Å²) < 4.78 is 5.82. The zero-order valence-electron chi connectivity index (χ0n) is 21.1. The van der Waals surface area contributed by atoms with Gasteiger partial charge in [-0.1, -0.05) is 48.0 Å². The number of allylic oxidation sites excluding steroid dienone is 2. The Balaban J connectivity index is 1.53. The van der Waals surface area contributed by atoms with Gasteiger partial charge in [0.25, 0.3) is 11.8 Å². The van der Waals surface area contributed by atoms with Crippen LogP contribution in [0, 0.1) is 17.8 Å². The summed E-state index contributed by atoms with van der Waals surface area (Å²) in [5.74, 6) is -4.46. The molecule has 0 unspecified atom stereocenters. The summed E-state index contributed by atoms with van der Waals surface area (Å²) in [6.45, 7) is -0.227. The van der Waals surface area contributed by atoms with Crippen molar-refractivity contribution in [2.24, 2.45) is 17.8 Å². The van der Waals surface area contributed by atoms with Gasteiger partial charge in [0, 0.05) is 18.5 Å². The van der Waals surface area contributed by atoms with Gasteiger partial charge in [-0.3, -0.25) is 29.0 Å². The number of halogens is 2. The van der Waals surface area contributed by atoms with Crippen LogP contribution in [-0.4, -0.2) is 63.6 Å². The Bertz CT molecular complexity index is 1430. The molecule has 0 radical (unpaired) electrons. The predicted octanol–water partition coefficient (Wildman–Crippen LogP) is 3.25. The first kappa shape index (κ1) is 26.0. The van der Waals surface area contributed by atoms with Gasteiger partial charge in [0.1, 0.15) is 12.4 Å². The van der Waals surface area contributed by atoms with Crippen LogP contribution in [0.2, 0.25) is 0 Å². The molecule has 2 saturated heterocycles. The zero-order valence-corrected chi connectivity index (χ0v) is 22.6. The maximum Gasteiger partial charge on any atom is 0.253 e. The van der Waals surface area contributed by atoms with E-state index in [2.05, 4.69) is 0 Å². The Morgan fingerprint density at radius 1 is 0.949 bits per heavy atom. The molecule has 8 nitrogen and oxygen atoms in total. The molecule has 1 N–H and O–H groups in total. The van der Waals surface area contributed by atoms with Gasteiger partial charge in [0.15, 0.2) is 9.75 Å². The molecule has 3 fully saturated rings. The van der Waals surface area contributed by atoms with Gasteiger partial charge in [-0.25, -0.2) is 0 Å². The highest BCUT2D eigenvalue weighted by Crippen LogP contribution is 2.66. The number of carbonyl (C=O) groups excluding carboxylic acids is 4. The number of hydrogen-bond acceptors (Lipinski definition) is 6. The molecule has 0 aromatic heterocycles. The maximum atomic E-state index is 13.9. The van der Waals surface area contributed by atoms with E-state index >= 15 is 0 Å². The molecule has 0 bridgehead atoms. The van der Waals surface area contributed by atoms with Crippen molar-refractivity contribution < 1.29 is 29.0 Å². The number of carbonyl (C=O) groups is 4. The highest BCUT2D eigenvalue weighted by molar-refractivity contribution is 6.53. The molecule has 6 atom stereocenters. The number of para-hydroxylation sites is 2. The van der Waals surface area contributed by atoms with Crippen molar-refractivity contribution in [2.75, 3.05) is 25.2 Å². The number of amides is 4.